The van der Waals surface area contributed by atoms with Gasteiger partial charge in [-0.3, -0.25) is 0 Å². The Bertz CT molecular complexity index is 804. The second-order valence-corrected chi connectivity index (χ2v) is 5.72. The van der Waals surface area contributed by atoms with Gasteiger partial charge in [0.1, 0.15) is 5.75 Å². The van der Waals surface area contributed by atoms with E-state index in [1.54, 1.807) is 36.4 Å². The van der Waals surface area contributed by atoms with Gasteiger partial charge in [-0.15, -0.1) is 0 Å². The number of carbonyl (C=O) groups excluding carboxylic acids is 1. The molecule has 0 aliphatic rings. The Morgan fingerprint density at radius 1 is 0.783 bits per heavy atom. The molecule has 3 aromatic carbocycles. The molecule has 23 heavy (non-hydrogen) atoms. The molecule has 0 heterocycles. The highest BCUT2D eigenvalue weighted by Gasteiger charge is 2.08. The number of hydrogen-bond donors (Lipinski definition) is 0. The van der Waals surface area contributed by atoms with Crippen LogP contribution in [0.15, 0.2) is 72.8 Å². The molecule has 0 N–H and O–H groups in total. The highest BCUT2D eigenvalue weighted by Crippen LogP contribution is 2.23. The maximum Gasteiger partial charge on any atom is 0.343 e. The zero-order chi connectivity index (χ0) is 16.2. The van der Waals surface area contributed by atoms with Crippen molar-refractivity contribution in [2.24, 2.45) is 0 Å². The lowest BCUT2D eigenvalue weighted by atomic mass is 10.0. The second-order valence-electron chi connectivity index (χ2n) is 5.29. The van der Waals surface area contributed by atoms with Crippen LogP contribution in [0.1, 0.15) is 15.9 Å². The van der Waals surface area contributed by atoms with Crippen LogP contribution >= 0.6 is 11.6 Å². The normalized spacial score (nSPS) is 10.3. The lowest BCUT2D eigenvalue weighted by molar-refractivity contribution is 0.0735. The molecule has 3 aromatic rings. The average Bonchev–Trinajstić information content (AvgIpc) is 2.57. The minimum absolute atomic E-state index is 0.398. The van der Waals surface area contributed by atoms with Crippen molar-refractivity contribution < 1.29 is 9.53 Å². The van der Waals surface area contributed by atoms with Crippen molar-refractivity contribution in [1.29, 1.82) is 0 Å². The van der Waals surface area contributed by atoms with Crippen LogP contribution < -0.4 is 4.74 Å². The van der Waals surface area contributed by atoms with Gasteiger partial charge in [-0.1, -0.05) is 53.6 Å². The molecule has 0 unspecified atom stereocenters. The van der Waals surface area contributed by atoms with Crippen LogP contribution in [0, 0.1) is 6.92 Å². The maximum absolute atomic E-state index is 12.1. The largest absolute Gasteiger partial charge is 0.423 e. The van der Waals surface area contributed by atoms with Crippen molar-refractivity contribution >= 4 is 17.6 Å². The highest BCUT2D eigenvalue weighted by molar-refractivity contribution is 6.30. The fourth-order valence-corrected chi connectivity index (χ4v) is 2.34. The number of carbonyl (C=O) groups is 1. The number of ether oxygens (including phenoxy) is 1. The van der Waals surface area contributed by atoms with Crippen molar-refractivity contribution in [3.05, 3.63) is 88.9 Å². The molecule has 0 bridgehead atoms. The van der Waals surface area contributed by atoms with Gasteiger partial charge in [-0.25, -0.2) is 4.79 Å². The summed E-state index contributed by atoms with van der Waals surface area (Å²) in [5, 5.41) is 0.587. The van der Waals surface area contributed by atoms with Crippen LogP contribution in [-0.4, -0.2) is 5.97 Å². The molecule has 0 saturated carbocycles. The third kappa shape index (κ3) is 3.79. The summed E-state index contributed by atoms with van der Waals surface area (Å²) in [7, 11) is 0. The van der Waals surface area contributed by atoms with Crippen LogP contribution in [0.25, 0.3) is 11.1 Å². The van der Waals surface area contributed by atoms with Gasteiger partial charge in [0.05, 0.1) is 5.56 Å². The number of benzene rings is 3. The van der Waals surface area contributed by atoms with Gasteiger partial charge in [0.15, 0.2) is 0 Å². The Kier molecular flexibility index (Phi) is 4.45. The lowest BCUT2D eigenvalue weighted by Gasteiger charge is -2.06. The third-order valence-electron chi connectivity index (χ3n) is 3.53. The van der Waals surface area contributed by atoms with Crippen molar-refractivity contribution in [1.82, 2.24) is 0 Å². The third-order valence-corrected chi connectivity index (χ3v) is 3.78. The molecule has 0 radical (unpaired) electrons. The van der Waals surface area contributed by atoms with E-state index in [0.717, 1.165) is 11.1 Å². The van der Waals surface area contributed by atoms with Crippen molar-refractivity contribution in [3.8, 4) is 16.9 Å². The van der Waals surface area contributed by atoms with Crippen LogP contribution in [0.5, 0.6) is 5.75 Å². The monoisotopic (exact) mass is 322 g/mol. The summed E-state index contributed by atoms with van der Waals surface area (Å²) in [4.78, 5) is 12.1. The first kappa shape index (κ1) is 15.3. The average molecular weight is 323 g/mol. The maximum atomic E-state index is 12.1. The first-order valence-corrected chi connectivity index (χ1v) is 7.64. The van der Waals surface area contributed by atoms with E-state index in [4.69, 9.17) is 16.3 Å². The van der Waals surface area contributed by atoms with E-state index in [1.165, 1.54) is 5.56 Å². The molecule has 0 spiro atoms. The molecule has 0 aromatic heterocycles. The van der Waals surface area contributed by atoms with Gasteiger partial charge in [-0.2, -0.15) is 0 Å². The summed E-state index contributed by atoms with van der Waals surface area (Å²) >= 11 is 5.81. The quantitative estimate of drug-likeness (QED) is 0.468. The minimum atomic E-state index is -0.398. The van der Waals surface area contributed by atoms with Crippen LogP contribution in [0.3, 0.4) is 0 Å². The fourth-order valence-electron chi connectivity index (χ4n) is 2.21. The van der Waals surface area contributed by atoms with Crippen LogP contribution in [0.4, 0.5) is 0 Å². The molecule has 0 amide bonds. The van der Waals surface area contributed by atoms with Crippen molar-refractivity contribution in [2.75, 3.05) is 0 Å². The number of hydrogen-bond acceptors (Lipinski definition) is 2. The Morgan fingerprint density at radius 2 is 1.30 bits per heavy atom. The molecule has 0 atom stereocenters. The summed E-state index contributed by atoms with van der Waals surface area (Å²) in [6.45, 7) is 2.06. The Hall–Kier alpha value is -2.58. The number of aryl methyl sites for hydroxylation is 1. The van der Waals surface area contributed by atoms with E-state index in [0.29, 0.717) is 16.3 Å². The molecule has 114 valence electrons. The molecular formula is C20H15ClO2. The van der Waals surface area contributed by atoms with Crippen molar-refractivity contribution in [2.45, 2.75) is 6.92 Å². The smallest absolute Gasteiger partial charge is 0.343 e. The first-order chi connectivity index (χ1) is 11.1. The molecule has 0 aliphatic heterocycles. The lowest BCUT2D eigenvalue weighted by Crippen LogP contribution is -2.08. The molecular weight excluding hydrogens is 308 g/mol. The standard InChI is InChI=1S/C20H15ClO2/c1-14-2-4-15(5-3-14)16-8-12-19(13-9-16)23-20(22)17-6-10-18(21)11-7-17/h2-13H,1H3. The van der Waals surface area contributed by atoms with Crippen LogP contribution in [-0.2, 0) is 0 Å². The van der Waals surface area contributed by atoms with Gasteiger partial charge >= 0.3 is 5.97 Å². The van der Waals surface area contributed by atoms with E-state index in [9.17, 15) is 4.79 Å². The topological polar surface area (TPSA) is 26.3 Å². The SMILES string of the molecule is Cc1ccc(-c2ccc(OC(=O)c3ccc(Cl)cc3)cc2)cc1. The van der Waals surface area contributed by atoms with Crippen LogP contribution in [0.2, 0.25) is 5.02 Å². The fraction of sp³-hybridized carbons (Fsp3) is 0.0500. The van der Waals surface area contributed by atoms with Gasteiger partial charge in [-0.05, 0) is 54.4 Å². The summed E-state index contributed by atoms with van der Waals surface area (Å²) < 4.78 is 5.37. The summed E-state index contributed by atoms with van der Waals surface area (Å²) in [6.07, 6.45) is 0. The van der Waals surface area contributed by atoms with Gasteiger partial charge < -0.3 is 4.74 Å². The second kappa shape index (κ2) is 6.67. The van der Waals surface area contributed by atoms with Gasteiger partial charge in [0, 0.05) is 5.02 Å². The van der Waals surface area contributed by atoms with E-state index >= 15 is 0 Å². The summed E-state index contributed by atoms with van der Waals surface area (Å²) in [5.41, 5.74) is 3.90. The summed E-state index contributed by atoms with van der Waals surface area (Å²) in [6, 6.07) is 22.4. The molecule has 0 fully saturated rings. The Morgan fingerprint density at radius 3 is 1.87 bits per heavy atom. The molecule has 2 nitrogen and oxygen atoms in total. The summed E-state index contributed by atoms with van der Waals surface area (Å²) in [5.74, 6) is 0.116. The van der Waals surface area contributed by atoms with Gasteiger partial charge in [0.2, 0.25) is 0 Å². The highest BCUT2D eigenvalue weighted by atomic mass is 35.5. The van der Waals surface area contributed by atoms with E-state index < -0.39 is 5.97 Å². The zero-order valence-electron chi connectivity index (χ0n) is 12.6. The zero-order valence-corrected chi connectivity index (χ0v) is 13.4. The predicted octanol–water partition coefficient (Wildman–Crippen LogP) is 5.53. The molecule has 3 heteroatoms. The van der Waals surface area contributed by atoms with Gasteiger partial charge in [0.25, 0.3) is 0 Å². The molecule has 0 aliphatic carbocycles. The first-order valence-electron chi connectivity index (χ1n) is 7.27. The minimum Gasteiger partial charge on any atom is -0.423 e. The van der Waals surface area contributed by atoms with E-state index in [2.05, 4.69) is 31.2 Å². The number of rotatable bonds is 3. The van der Waals surface area contributed by atoms with E-state index in [-0.39, 0.29) is 0 Å². The Balaban J connectivity index is 1.73. The number of halogens is 1. The van der Waals surface area contributed by atoms with Crippen molar-refractivity contribution in [3.63, 3.8) is 0 Å². The number of esters is 1. The molecule has 3 rings (SSSR count). The molecule has 0 saturated heterocycles. The predicted molar refractivity (Wildman–Crippen MR) is 93.0 cm³/mol. The van der Waals surface area contributed by atoms with E-state index in [1.807, 2.05) is 12.1 Å². The Labute approximate surface area is 140 Å².